The summed E-state index contributed by atoms with van der Waals surface area (Å²) in [7, 11) is 0. The minimum absolute atomic E-state index is 0.428. The highest BCUT2D eigenvalue weighted by Crippen LogP contribution is 2.25. The highest BCUT2D eigenvalue weighted by atomic mass is 35.5. The first-order valence-electron chi connectivity index (χ1n) is 7.47. The van der Waals surface area contributed by atoms with Gasteiger partial charge in [-0.05, 0) is 56.8 Å². The zero-order valence-electron chi connectivity index (χ0n) is 12.2. The third-order valence-electron chi connectivity index (χ3n) is 3.49. The minimum Gasteiger partial charge on any atom is -0.492 e. The highest BCUT2D eigenvalue weighted by molar-refractivity contribution is 6.32. The molecule has 1 fully saturated rings. The van der Waals surface area contributed by atoms with Gasteiger partial charge < -0.3 is 14.8 Å². The summed E-state index contributed by atoms with van der Waals surface area (Å²) in [6.07, 6.45) is 4.97. The van der Waals surface area contributed by atoms with Crippen LogP contribution in [0.3, 0.4) is 0 Å². The van der Waals surface area contributed by atoms with E-state index in [2.05, 4.69) is 5.32 Å². The van der Waals surface area contributed by atoms with Crippen LogP contribution in [0.25, 0.3) is 0 Å². The molecule has 1 heterocycles. The zero-order valence-corrected chi connectivity index (χ0v) is 12.9. The van der Waals surface area contributed by atoms with Gasteiger partial charge in [0.2, 0.25) is 0 Å². The normalized spacial score (nSPS) is 18.4. The van der Waals surface area contributed by atoms with Gasteiger partial charge in [0.15, 0.2) is 0 Å². The Labute approximate surface area is 126 Å². The van der Waals surface area contributed by atoms with Crippen LogP contribution in [0.15, 0.2) is 18.2 Å². The van der Waals surface area contributed by atoms with Gasteiger partial charge in [-0.3, -0.25) is 0 Å². The summed E-state index contributed by atoms with van der Waals surface area (Å²) in [4.78, 5) is 0. The van der Waals surface area contributed by atoms with E-state index in [1.165, 1.54) is 18.4 Å². The molecular weight excluding hydrogens is 274 g/mol. The summed E-state index contributed by atoms with van der Waals surface area (Å²) >= 11 is 6.08. The Morgan fingerprint density at radius 1 is 1.40 bits per heavy atom. The lowest BCUT2D eigenvalue weighted by molar-refractivity contribution is 0.110. The van der Waals surface area contributed by atoms with Crippen LogP contribution < -0.4 is 10.1 Å². The maximum absolute atomic E-state index is 6.08. The molecule has 3 nitrogen and oxygen atoms in total. The molecule has 0 spiro atoms. The lowest BCUT2D eigenvalue weighted by Crippen LogP contribution is -2.27. The second-order valence-electron chi connectivity index (χ2n) is 5.33. The number of halogens is 1. The molecule has 20 heavy (non-hydrogen) atoms. The van der Waals surface area contributed by atoms with Crippen LogP contribution in [0.5, 0.6) is 5.75 Å². The zero-order chi connectivity index (χ0) is 14.2. The molecule has 1 aliphatic heterocycles. The molecular formula is C16H24ClNO2. The molecule has 2 rings (SSSR count). The number of hydrogen-bond acceptors (Lipinski definition) is 3. The molecule has 1 N–H and O–H groups in total. The van der Waals surface area contributed by atoms with E-state index < -0.39 is 0 Å². The number of nitrogens with one attached hydrogen (secondary N) is 1. The third-order valence-corrected chi connectivity index (χ3v) is 3.80. The molecule has 1 aromatic carbocycles. The van der Waals surface area contributed by atoms with Crippen LogP contribution in [0.2, 0.25) is 5.02 Å². The molecule has 0 amide bonds. The van der Waals surface area contributed by atoms with Gasteiger partial charge in [-0.1, -0.05) is 17.7 Å². The molecule has 0 saturated carbocycles. The summed E-state index contributed by atoms with van der Waals surface area (Å²) in [5, 5.41) is 4.13. The monoisotopic (exact) mass is 297 g/mol. The van der Waals surface area contributed by atoms with Gasteiger partial charge in [0, 0.05) is 13.2 Å². The Hall–Kier alpha value is -0.770. The van der Waals surface area contributed by atoms with E-state index in [-0.39, 0.29) is 0 Å². The van der Waals surface area contributed by atoms with E-state index in [1.54, 1.807) is 0 Å². The molecule has 4 heteroatoms. The van der Waals surface area contributed by atoms with Crippen LogP contribution in [0, 0.1) is 6.92 Å². The Kier molecular flexibility index (Phi) is 6.64. The van der Waals surface area contributed by atoms with Crippen molar-refractivity contribution < 1.29 is 9.47 Å². The first kappa shape index (κ1) is 15.6. The van der Waals surface area contributed by atoms with E-state index in [9.17, 15) is 0 Å². The van der Waals surface area contributed by atoms with Crippen molar-refractivity contribution in [1.82, 2.24) is 5.32 Å². The first-order chi connectivity index (χ1) is 9.75. The quantitative estimate of drug-likeness (QED) is 0.744. The van der Waals surface area contributed by atoms with Gasteiger partial charge in [0.1, 0.15) is 5.75 Å². The molecule has 0 aliphatic carbocycles. The van der Waals surface area contributed by atoms with Crippen molar-refractivity contribution in [2.24, 2.45) is 0 Å². The maximum Gasteiger partial charge on any atom is 0.138 e. The fourth-order valence-electron chi connectivity index (χ4n) is 2.32. The molecule has 0 radical (unpaired) electrons. The van der Waals surface area contributed by atoms with Gasteiger partial charge in [0.25, 0.3) is 0 Å². The number of hydrogen-bond donors (Lipinski definition) is 1. The summed E-state index contributed by atoms with van der Waals surface area (Å²) in [5.74, 6) is 0.791. The fraction of sp³-hybridized carbons (Fsp3) is 0.625. The van der Waals surface area contributed by atoms with Gasteiger partial charge in [-0.25, -0.2) is 0 Å². The lowest BCUT2D eigenvalue weighted by atomic mass is 10.2. The fourth-order valence-corrected chi connectivity index (χ4v) is 2.50. The van der Waals surface area contributed by atoms with Crippen molar-refractivity contribution >= 4 is 11.6 Å². The molecule has 1 aliphatic rings. The molecule has 1 aromatic rings. The Morgan fingerprint density at radius 2 is 2.30 bits per heavy atom. The second-order valence-corrected chi connectivity index (χ2v) is 5.74. The Morgan fingerprint density at radius 3 is 3.10 bits per heavy atom. The number of aryl methyl sites for hydroxylation is 1. The van der Waals surface area contributed by atoms with Crippen LogP contribution in [-0.2, 0) is 4.74 Å². The average Bonchev–Trinajstić information content (AvgIpc) is 2.94. The van der Waals surface area contributed by atoms with E-state index >= 15 is 0 Å². The van der Waals surface area contributed by atoms with Gasteiger partial charge >= 0.3 is 0 Å². The molecule has 112 valence electrons. The predicted molar refractivity (Wildman–Crippen MR) is 82.8 cm³/mol. The van der Waals surface area contributed by atoms with Crippen molar-refractivity contribution in [2.45, 2.75) is 38.7 Å². The Bertz CT molecular complexity index is 405. The number of unbranched alkanes of at least 4 members (excludes halogenated alkanes) is 1. The number of benzene rings is 1. The average molecular weight is 298 g/mol. The van der Waals surface area contributed by atoms with Gasteiger partial charge in [0.05, 0.1) is 17.7 Å². The third kappa shape index (κ3) is 5.31. The summed E-state index contributed by atoms with van der Waals surface area (Å²) < 4.78 is 11.3. The van der Waals surface area contributed by atoms with E-state index in [0.29, 0.717) is 17.7 Å². The SMILES string of the molecule is Cc1ccc(Cl)c(OCCCCNCC2CCCO2)c1. The van der Waals surface area contributed by atoms with Crippen LogP contribution in [0.1, 0.15) is 31.2 Å². The number of rotatable bonds is 8. The van der Waals surface area contributed by atoms with Crippen molar-refractivity contribution in [3.05, 3.63) is 28.8 Å². The predicted octanol–water partition coefficient (Wildman–Crippen LogP) is 3.58. The van der Waals surface area contributed by atoms with Crippen LogP contribution >= 0.6 is 11.6 Å². The van der Waals surface area contributed by atoms with Crippen molar-refractivity contribution in [2.75, 3.05) is 26.3 Å². The summed E-state index contributed by atoms with van der Waals surface area (Å²) in [6, 6.07) is 5.86. The van der Waals surface area contributed by atoms with Gasteiger partial charge in [-0.15, -0.1) is 0 Å². The topological polar surface area (TPSA) is 30.5 Å². The lowest BCUT2D eigenvalue weighted by Gasteiger charge is -2.11. The second kappa shape index (κ2) is 8.50. The molecule has 0 bridgehead atoms. The van der Waals surface area contributed by atoms with E-state index in [4.69, 9.17) is 21.1 Å². The molecule has 1 atom stereocenters. The van der Waals surface area contributed by atoms with Crippen LogP contribution in [-0.4, -0.2) is 32.4 Å². The highest BCUT2D eigenvalue weighted by Gasteiger charge is 2.13. The molecule has 1 saturated heterocycles. The summed E-state index contributed by atoms with van der Waals surface area (Å²) in [6.45, 7) is 5.68. The van der Waals surface area contributed by atoms with Crippen molar-refractivity contribution in [3.63, 3.8) is 0 Å². The summed E-state index contributed by atoms with van der Waals surface area (Å²) in [5.41, 5.74) is 1.17. The maximum atomic E-state index is 6.08. The molecule has 1 unspecified atom stereocenters. The van der Waals surface area contributed by atoms with Crippen LogP contribution in [0.4, 0.5) is 0 Å². The standard InChI is InChI=1S/C16H24ClNO2/c1-13-6-7-15(17)16(11-13)20-9-3-2-8-18-12-14-5-4-10-19-14/h6-7,11,14,18H,2-5,8-10,12H2,1H3. The smallest absolute Gasteiger partial charge is 0.138 e. The first-order valence-corrected chi connectivity index (χ1v) is 7.85. The molecule has 0 aromatic heterocycles. The largest absolute Gasteiger partial charge is 0.492 e. The Balaban J connectivity index is 1.51. The van der Waals surface area contributed by atoms with Gasteiger partial charge in [-0.2, -0.15) is 0 Å². The van der Waals surface area contributed by atoms with E-state index in [1.807, 2.05) is 25.1 Å². The van der Waals surface area contributed by atoms with E-state index in [0.717, 1.165) is 38.3 Å². The minimum atomic E-state index is 0.428. The van der Waals surface area contributed by atoms with Crippen molar-refractivity contribution in [3.8, 4) is 5.75 Å². The number of ether oxygens (including phenoxy) is 2. The van der Waals surface area contributed by atoms with Crippen molar-refractivity contribution in [1.29, 1.82) is 0 Å².